The fraction of sp³-hybridized carbons (Fsp3) is 0.833. The number of carbonyl (C=O) groups excluding carboxylic acids is 1. The number of primary amides is 1. The van der Waals surface area contributed by atoms with Crippen molar-refractivity contribution in [2.45, 2.75) is 19.4 Å². The van der Waals surface area contributed by atoms with Crippen LogP contribution in [0.2, 0.25) is 0 Å². The summed E-state index contributed by atoms with van der Waals surface area (Å²) >= 11 is 0. The fourth-order valence-corrected chi connectivity index (χ4v) is 0.676. The Labute approximate surface area is 61.2 Å². The molecule has 0 radical (unpaired) electrons. The first kappa shape index (κ1) is 9.23. The summed E-state index contributed by atoms with van der Waals surface area (Å²) in [6.45, 7) is 2.81. The summed E-state index contributed by atoms with van der Waals surface area (Å²) < 4.78 is 0. The Morgan fingerprint density at radius 2 is 2.30 bits per heavy atom. The van der Waals surface area contributed by atoms with Crippen LogP contribution in [0.3, 0.4) is 0 Å². The molecule has 10 heavy (non-hydrogen) atoms. The summed E-state index contributed by atoms with van der Waals surface area (Å²) in [5.41, 5.74) is 4.89. The van der Waals surface area contributed by atoms with E-state index in [1.54, 1.807) is 0 Å². The number of amides is 2. The van der Waals surface area contributed by atoms with Crippen molar-refractivity contribution in [3.05, 3.63) is 0 Å². The van der Waals surface area contributed by atoms with Crippen LogP contribution in [0.5, 0.6) is 0 Å². The minimum absolute atomic E-state index is 0.157. The van der Waals surface area contributed by atoms with Crippen molar-refractivity contribution in [3.63, 3.8) is 0 Å². The minimum Gasteiger partial charge on any atom is -0.352 e. The largest absolute Gasteiger partial charge is 0.352 e. The summed E-state index contributed by atoms with van der Waals surface area (Å²) in [6.07, 6.45) is 0.902. The van der Waals surface area contributed by atoms with E-state index in [2.05, 4.69) is 10.6 Å². The first-order valence-corrected chi connectivity index (χ1v) is 3.37. The molecule has 4 heteroatoms. The quantitative estimate of drug-likeness (QED) is 0.506. The maximum absolute atomic E-state index is 10.3. The topological polar surface area (TPSA) is 67.2 Å². The third-order valence-corrected chi connectivity index (χ3v) is 1.22. The lowest BCUT2D eigenvalue weighted by atomic mass is 10.2. The molecule has 0 fully saturated rings. The van der Waals surface area contributed by atoms with Gasteiger partial charge in [0.25, 0.3) is 0 Å². The molecule has 0 aliphatic rings. The van der Waals surface area contributed by atoms with Gasteiger partial charge in [-0.3, -0.25) is 0 Å². The van der Waals surface area contributed by atoms with Crippen LogP contribution in [-0.2, 0) is 0 Å². The summed E-state index contributed by atoms with van der Waals surface area (Å²) in [7, 11) is 1.87. The van der Waals surface area contributed by atoms with Gasteiger partial charge in [-0.1, -0.05) is 0 Å². The van der Waals surface area contributed by atoms with E-state index < -0.39 is 6.03 Å². The Hall–Kier alpha value is -0.770. The predicted molar refractivity (Wildman–Crippen MR) is 40.7 cm³/mol. The molecule has 0 saturated heterocycles. The average molecular weight is 145 g/mol. The van der Waals surface area contributed by atoms with Gasteiger partial charge in [-0.05, 0) is 26.9 Å². The van der Waals surface area contributed by atoms with Gasteiger partial charge < -0.3 is 16.4 Å². The van der Waals surface area contributed by atoms with E-state index in [1.165, 1.54) is 0 Å². The third kappa shape index (κ3) is 5.37. The summed E-state index contributed by atoms with van der Waals surface area (Å²) in [5.74, 6) is 0. The standard InChI is InChI=1S/C6H15N3O/c1-5(3-4-8-2)9-6(7)10/h5,8H,3-4H2,1-2H3,(H3,7,9,10). The second-order valence-corrected chi connectivity index (χ2v) is 2.30. The molecule has 0 heterocycles. The van der Waals surface area contributed by atoms with Crippen molar-refractivity contribution < 1.29 is 4.79 Å². The molecule has 4 nitrogen and oxygen atoms in total. The van der Waals surface area contributed by atoms with Crippen LogP contribution in [0.1, 0.15) is 13.3 Å². The molecule has 0 aliphatic heterocycles. The van der Waals surface area contributed by atoms with Gasteiger partial charge in [0.05, 0.1) is 0 Å². The molecule has 0 aliphatic carbocycles. The van der Waals surface area contributed by atoms with E-state index in [0.717, 1.165) is 13.0 Å². The first-order chi connectivity index (χ1) is 4.66. The normalized spacial score (nSPS) is 12.6. The highest BCUT2D eigenvalue weighted by molar-refractivity contribution is 5.71. The smallest absolute Gasteiger partial charge is 0.312 e. The van der Waals surface area contributed by atoms with Gasteiger partial charge in [-0.2, -0.15) is 0 Å². The van der Waals surface area contributed by atoms with Gasteiger partial charge >= 0.3 is 6.03 Å². The molecule has 4 N–H and O–H groups in total. The Morgan fingerprint density at radius 3 is 2.70 bits per heavy atom. The number of nitrogens with one attached hydrogen (secondary N) is 2. The van der Waals surface area contributed by atoms with E-state index >= 15 is 0 Å². The summed E-state index contributed by atoms with van der Waals surface area (Å²) in [5, 5.41) is 5.56. The first-order valence-electron chi connectivity index (χ1n) is 3.37. The van der Waals surface area contributed by atoms with Crippen LogP contribution in [0, 0.1) is 0 Å². The van der Waals surface area contributed by atoms with Gasteiger partial charge in [-0.25, -0.2) is 4.79 Å². The molecule has 0 aromatic carbocycles. The number of rotatable bonds is 4. The van der Waals surface area contributed by atoms with Crippen LogP contribution < -0.4 is 16.4 Å². The van der Waals surface area contributed by atoms with Crippen LogP contribution >= 0.6 is 0 Å². The predicted octanol–water partition coefficient (Wildman–Crippen LogP) is -0.347. The maximum atomic E-state index is 10.3. The van der Waals surface area contributed by atoms with Crippen LogP contribution in [0.25, 0.3) is 0 Å². The minimum atomic E-state index is -0.455. The Balaban J connectivity index is 3.25. The van der Waals surface area contributed by atoms with E-state index in [-0.39, 0.29) is 6.04 Å². The molecular weight excluding hydrogens is 130 g/mol. The van der Waals surface area contributed by atoms with Crippen molar-refractivity contribution in [2.24, 2.45) is 5.73 Å². The molecule has 0 aromatic rings. The number of carbonyl (C=O) groups is 1. The monoisotopic (exact) mass is 145 g/mol. The van der Waals surface area contributed by atoms with Crippen molar-refractivity contribution in [2.75, 3.05) is 13.6 Å². The van der Waals surface area contributed by atoms with E-state index in [1.807, 2.05) is 14.0 Å². The Bertz CT molecular complexity index is 105. The summed E-state index contributed by atoms with van der Waals surface area (Å²) in [4.78, 5) is 10.3. The second-order valence-electron chi connectivity index (χ2n) is 2.30. The van der Waals surface area contributed by atoms with Gasteiger partial charge in [0.1, 0.15) is 0 Å². The third-order valence-electron chi connectivity index (χ3n) is 1.22. The highest BCUT2D eigenvalue weighted by atomic mass is 16.2. The molecule has 0 aromatic heterocycles. The van der Waals surface area contributed by atoms with Crippen molar-refractivity contribution in [3.8, 4) is 0 Å². The zero-order valence-electron chi connectivity index (χ0n) is 6.48. The molecule has 0 spiro atoms. The molecule has 0 bridgehead atoms. The number of hydrogen-bond acceptors (Lipinski definition) is 2. The van der Waals surface area contributed by atoms with Gasteiger partial charge in [0, 0.05) is 6.04 Å². The highest BCUT2D eigenvalue weighted by Crippen LogP contribution is 1.86. The summed E-state index contributed by atoms with van der Waals surface area (Å²) in [6, 6.07) is -0.298. The molecule has 1 atom stereocenters. The van der Waals surface area contributed by atoms with E-state index in [0.29, 0.717) is 0 Å². The van der Waals surface area contributed by atoms with Crippen molar-refractivity contribution >= 4 is 6.03 Å². The van der Waals surface area contributed by atoms with Crippen LogP contribution in [0.15, 0.2) is 0 Å². The van der Waals surface area contributed by atoms with E-state index in [4.69, 9.17) is 5.73 Å². The molecule has 0 saturated carbocycles. The molecule has 2 amide bonds. The zero-order chi connectivity index (χ0) is 7.98. The highest BCUT2D eigenvalue weighted by Gasteiger charge is 2.00. The second kappa shape index (κ2) is 5.05. The molecular formula is C6H15N3O. The lowest BCUT2D eigenvalue weighted by molar-refractivity contribution is 0.245. The SMILES string of the molecule is CNCCC(C)NC(N)=O. The number of urea groups is 1. The van der Waals surface area contributed by atoms with Crippen LogP contribution in [-0.4, -0.2) is 25.7 Å². The molecule has 60 valence electrons. The van der Waals surface area contributed by atoms with E-state index in [9.17, 15) is 4.79 Å². The van der Waals surface area contributed by atoms with Gasteiger partial charge in [0.2, 0.25) is 0 Å². The van der Waals surface area contributed by atoms with Crippen LogP contribution in [0.4, 0.5) is 4.79 Å². The Morgan fingerprint density at radius 1 is 1.70 bits per heavy atom. The molecule has 0 rings (SSSR count). The van der Waals surface area contributed by atoms with Crippen molar-refractivity contribution in [1.82, 2.24) is 10.6 Å². The van der Waals surface area contributed by atoms with Gasteiger partial charge in [0.15, 0.2) is 0 Å². The lowest BCUT2D eigenvalue weighted by Crippen LogP contribution is -2.38. The van der Waals surface area contributed by atoms with Gasteiger partial charge in [-0.15, -0.1) is 0 Å². The fourth-order valence-electron chi connectivity index (χ4n) is 0.676. The maximum Gasteiger partial charge on any atom is 0.312 e. The number of nitrogens with two attached hydrogens (primary N) is 1. The zero-order valence-corrected chi connectivity index (χ0v) is 6.48. The lowest BCUT2D eigenvalue weighted by Gasteiger charge is -2.10. The molecule has 1 unspecified atom stereocenters. The Kier molecular flexibility index (Phi) is 4.66. The number of hydrogen-bond donors (Lipinski definition) is 3. The van der Waals surface area contributed by atoms with Crippen molar-refractivity contribution in [1.29, 1.82) is 0 Å². The average Bonchev–Trinajstić information content (AvgIpc) is 1.82.